The number of imidazole rings is 1. The fourth-order valence-electron chi connectivity index (χ4n) is 2.87. The minimum atomic E-state index is -3.24. The molecule has 0 spiro atoms. The minimum absolute atomic E-state index is 0.0185. The van der Waals surface area contributed by atoms with E-state index < -0.39 is 10.0 Å². The number of aromatic nitrogens is 2. The van der Waals surface area contributed by atoms with Crippen LogP contribution in [0.25, 0.3) is 0 Å². The van der Waals surface area contributed by atoms with Gasteiger partial charge in [-0.25, -0.2) is 13.4 Å². The Morgan fingerprint density at radius 2 is 2.14 bits per heavy atom. The Morgan fingerprint density at radius 3 is 2.77 bits per heavy atom. The topological polar surface area (TPSA) is 84.3 Å². The van der Waals surface area contributed by atoms with Gasteiger partial charge < -0.3 is 9.88 Å². The molecule has 0 aromatic carbocycles. The third-order valence-electron chi connectivity index (χ3n) is 4.28. The number of carbonyl (C=O) groups is 1. The smallest absolute Gasteiger partial charge is 0.226 e. The zero-order valence-corrected chi connectivity index (χ0v) is 13.8. The molecule has 1 aromatic rings. The van der Waals surface area contributed by atoms with Crippen molar-refractivity contribution < 1.29 is 13.2 Å². The van der Waals surface area contributed by atoms with Crippen LogP contribution < -0.4 is 5.32 Å². The first-order valence-electron chi connectivity index (χ1n) is 7.64. The van der Waals surface area contributed by atoms with E-state index in [1.807, 2.05) is 17.7 Å². The van der Waals surface area contributed by atoms with Crippen molar-refractivity contribution in [2.24, 2.45) is 5.92 Å². The fourth-order valence-corrected chi connectivity index (χ4v) is 3.95. The van der Waals surface area contributed by atoms with E-state index in [0.29, 0.717) is 30.5 Å². The molecule has 1 N–H and O–H groups in total. The summed E-state index contributed by atoms with van der Waals surface area (Å²) >= 11 is 0. The Labute approximate surface area is 130 Å². The molecular weight excluding hydrogens is 304 g/mol. The first-order chi connectivity index (χ1) is 10.3. The number of sulfonamides is 1. The van der Waals surface area contributed by atoms with E-state index in [1.165, 1.54) is 23.4 Å². The zero-order valence-electron chi connectivity index (χ0n) is 12.9. The lowest BCUT2D eigenvalue weighted by molar-refractivity contribution is -0.120. The number of rotatable bonds is 5. The summed E-state index contributed by atoms with van der Waals surface area (Å²) in [6.45, 7) is 3.60. The third-order valence-corrected chi connectivity index (χ3v) is 5.63. The van der Waals surface area contributed by atoms with Crippen LogP contribution in [0.4, 0.5) is 0 Å². The zero-order chi connectivity index (χ0) is 15.9. The van der Waals surface area contributed by atoms with Gasteiger partial charge in [0.2, 0.25) is 15.9 Å². The molecule has 8 heteroatoms. The summed E-state index contributed by atoms with van der Waals surface area (Å²) in [5.41, 5.74) is 0.700. The van der Waals surface area contributed by atoms with Crippen molar-refractivity contribution in [2.75, 3.05) is 19.3 Å². The quantitative estimate of drug-likeness (QED) is 0.843. The largest absolute Gasteiger partial charge is 0.355 e. The molecule has 7 nitrogen and oxygen atoms in total. The number of carbonyl (C=O) groups excluding carboxylic acids is 1. The molecule has 2 heterocycles. The summed E-state index contributed by atoms with van der Waals surface area (Å²) in [6, 6.07) is -0.299. The molecule has 0 saturated heterocycles. The van der Waals surface area contributed by atoms with Gasteiger partial charge in [-0.05, 0) is 25.7 Å². The third kappa shape index (κ3) is 3.33. The molecule has 1 fully saturated rings. The maximum atomic E-state index is 11.9. The molecule has 1 amide bonds. The summed E-state index contributed by atoms with van der Waals surface area (Å²) in [6.07, 6.45) is 5.74. The summed E-state index contributed by atoms with van der Waals surface area (Å²) in [5.74, 6) is 1.35. The van der Waals surface area contributed by atoms with Gasteiger partial charge in [0, 0.05) is 25.8 Å². The second-order valence-corrected chi connectivity index (χ2v) is 8.19. The van der Waals surface area contributed by atoms with Crippen LogP contribution in [0.15, 0.2) is 6.20 Å². The molecular formula is C14H22N4O3S. The van der Waals surface area contributed by atoms with E-state index in [4.69, 9.17) is 0 Å². The van der Waals surface area contributed by atoms with Crippen molar-refractivity contribution in [3.05, 3.63) is 17.7 Å². The van der Waals surface area contributed by atoms with E-state index in [1.54, 1.807) is 0 Å². The second kappa shape index (κ2) is 5.66. The molecule has 1 aromatic heterocycles. The highest BCUT2D eigenvalue weighted by Crippen LogP contribution is 2.28. The Bertz CT molecular complexity index is 678. The number of hydrogen-bond donors (Lipinski definition) is 1. The lowest BCUT2D eigenvalue weighted by atomic mass is 10.2. The van der Waals surface area contributed by atoms with Crippen LogP contribution >= 0.6 is 0 Å². The summed E-state index contributed by atoms with van der Waals surface area (Å²) in [7, 11) is -3.24. The van der Waals surface area contributed by atoms with Crippen LogP contribution in [-0.4, -0.2) is 47.5 Å². The molecule has 122 valence electrons. The molecule has 1 saturated carbocycles. The van der Waals surface area contributed by atoms with Crippen molar-refractivity contribution in [1.29, 1.82) is 0 Å². The number of nitrogens with zero attached hydrogens (tertiary/aromatic N) is 3. The Morgan fingerprint density at radius 1 is 1.41 bits per heavy atom. The molecule has 2 aliphatic rings. The van der Waals surface area contributed by atoms with Gasteiger partial charge in [-0.15, -0.1) is 0 Å². The standard InChI is InChI=1S/C14H22N4O3S/c1-10-14-16-12(7-13(19)15-8-11-3-4-11)9-17(14)5-6-18(10)22(2,20)21/h9-11H,3-8H2,1-2H3,(H,15,19). The average molecular weight is 326 g/mol. The number of fused-ring (bicyclic) bond motifs is 1. The van der Waals surface area contributed by atoms with Gasteiger partial charge in [0.15, 0.2) is 0 Å². The van der Waals surface area contributed by atoms with Crippen molar-refractivity contribution in [1.82, 2.24) is 19.2 Å². The predicted molar refractivity (Wildman–Crippen MR) is 81.6 cm³/mol. The highest BCUT2D eigenvalue weighted by molar-refractivity contribution is 7.88. The lowest BCUT2D eigenvalue weighted by Gasteiger charge is -2.31. The molecule has 3 rings (SSSR count). The molecule has 1 atom stereocenters. The first-order valence-corrected chi connectivity index (χ1v) is 9.49. The predicted octanol–water partition coefficient (Wildman–Crippen LogP) is 0.288. The van der Waals surface area contributed by atoms with E-state index in [9.17, 15) is 13.2 Å². The Balaban J connectivity index is 1.68. The van der Waals surface area contributed by atoms with Crippen LogP contribution in [0.3, 0.4) is 0 Å². The SMILES string of the molecule is CC1c2nc(CC(=O)NCC3CC3)cn2CCN1S(C)(=O)=O. The molecule has 0 radical (unpaired) electrons. The van der Waals surface area contributed by atoms with Gasteiger partial charge in [0.1, 0.15) is 5.82 Å². The van der Waals surface area contributed by atoms with Crippen molar-refractivity contribution in [2.45, 2.75) is 38.8 Å². The summed E-state index contributed by atoms with van der Waals surface area (Å²) in [4.78, 5) is 16.4. The number of nitrogens with one attached hydrogen (secondary N) is 1. The molecule has 22 heavy (non-hydrogen) atoms. The highest BCUT2D eigenvalue weighted by atomic mass is 32.2. The van der Waals surface area contributed by atoms with Crippen LogP contribution in [0.5, 0.6) is 0 Å². The van der Waals surface area contributed by atoms with Crippen LogP contribution in [0.2, 0.25) is 0 Å². The van der Waals surface area contributed by atoms with Gasteiger partial charge in [-0.3, -0.25) is 4.79 Å². The summed E-state index contributed by atoms with van der Waals surface area (Å²) < 4.78 is 26.9. The van der Waals surface area contributed by atoms with Crippen molar-refractivity contribution in [3.8, 4) is 0 Å². The van der Waals surface area contributed by atoms with E-state index in [-0.39, 0.29) is 18.4 Å². The van der Waals surface area contributed by atoms with E-state index in [2.05, 4.69) is 10.3 Å². The monoisotopic (exact) mass is 326 g/mol. The van der Waals surface area contributed by atoms with Gasteiger partial charge in [-0.2, -0.15) is 4.31 Å². The lowest BCUT2D eigenvalue weighted by Crippen LogP contribution is -2.40. The highest BCUT2D eigenvalue weighted by Gasteiger charge is 2.32. The second-order valence-electron chi connectivity index (χ2n) is 6.26. The van der Waals surface area contributed by atoms with Crippen molar-refractivity contribution >= 4 is 15.9 Å². The Hall–Kier alpha value is -1.41. The van der Waals surface area contributed by atoms with Gasteiger partial charge >= 0.3 is 0 Å². The van der Waals surface area contributed by atoms with E-state index in [0.717, 1.165) is 6.54 Å². The normalized spacial score (nSPS) is 22.4. The van der Waals surface area contributed by atoms with Crippen LogP contribution in [0.1, 0.15) is 37.3 Å². The van der Waals surface area contributed by atoms with Crippen LogP contribution in [-0.2, 0) is 27.8 Å². The molecule has 1 unspecified atom stereocenters. The number of hydrogen-bond acceptors (Lipinski definition) is 4. The van der Waals surface area contributed by atoms with E-state index >= 15 is 0 Å². The van der Waals surface area contributed by atoms with Gasteiger partial charge in [0.25, 0.3) is 0 Å². The number of amides is 1. The minimum Gasteiger partial charge on any atom is -0.355 e. The Kier molecular flexibility index (Phi) is 3.98. The van der Waals surface area contributed by atoms with Crippen molar-refractivity contribution in [3.63, 3.8) is 0 Å². The maximum Gasteiger partial charge on any atom is 0.226 e. The fraction of sp³-hybridized carbons (Fsp3) is 0.714. The summed E-state index contributed by atoms with van der Waals surface area (Å²) in [5, 5.41) is 2.92. The molecule has 0 bridgehead atoms. The van der Waals surface area contributed by atoms with Gasteiger partial charge in [0.05, 0.1) is 24.4 Å². The van der Waals surface area contributed by atoms with Crippen LogP contribution in [0, 0.1) is 5.92 Å². The van der Waals surface area contributed by atoms with Gasteiger partial charge in [-0.1, -0.05) is 0 Å². The average Bonchev–Trinajstić information content (AvgIpc) is 3.15. The first kappa shape index (κ1) is 15.5. The molecule has 1 aliphatic heterocycles. The molecule has 1 aliphatic carbocycles. The maximum absolute atomic E-state index is 11.9.